The van der Waals surface area contributed by atoms with Gasteiger partial charge in [-0.25, -0.2) is 0 Å². The molecular weight excluding hydrogens is 494 g/mol. The smallest absolute Gasteiger partial charge is 0.266 e. The van der Waals surface area contributed by atoms with Gasteiger partial charge in [-0.05, 0) is 92.5 Å². The van der Waals surface area contributed by atoms with Gasteiger partial charge >= 0.3 is 0 Å². The van der Waals surface area contributed by atoms with E-state index in [4.69, 9.17) is 4.74 Å². The number of hydrogen-bond donors (Lipinski definition) is 2. The van der Waals surface area contributed by atoms with Gasteiger partial charge in [-0.3, -0.25) is 29.4 Å². The monoisotopic (exact) mass is 527 g/mol. The van der Waals surface area contributed by atoms with E-state index in [2.05, 4.69) is 22.8 Å². The molecule has 3 unspecified atom stereocenters. The van der Waals surface area contributed by atoms with Crippen LogP contribution in [0.1, 0.15) is 76.8 Å². The molecule has 2 aliphatic heterocycles. The van der Waals surface area contributed by atoms with Gasteiger partial charge in [-0.15, -0.1) is 0 Å². The van der Waals surface area contributed by atoms with Crippen molar-refractivity contribution in [2.45, 2.75) is 69.6 Å². The van der Waals surface area contributed by atoms with Crippen molar-refractivity contribution in [1.29, 1.82) is 0 Å². The molecule has 39 heavy (non-hydrogen) atoms. The second kappa shape index (κ2) is 9.30. The van der Waals surface area contributed by atoms with Gasteiger partial charge in [0.15, 0.2) is 0 Å². The number of rotatable bonds is 8. The molecular formula is C31H33N3O5. The van der Waals surface area contributed by atoms with Crippen LogP contribution in [0.15, 0.2) is 42.5 Å². The molecule has 0 aromatic heterocycles. The minimum atomic E-state index is -0.997. The number of imide groups is 2. The predicted octanol–water partition coefficient (Wildman–Crippen LogP) is 3.38. The van der Waals surface area contributed by atoms with Crippen molar-refractivity contribution < 1.29 is 23.9 Å². The number of amides is 4. The van der Waals surface area contributed by atoms with Crippen LogP contribution >= 0.6 is 0 Å². The van der Waals surface area contributed by atoms with Crippen LogP contribution in [-0.2, 0) is 22.6 Å². The lowest BCUT2D eigenvalue weighted by molar-refractivity contribution is -0.136. The molecule has 0 radical (unpaired) electrons. The zero-order valence-electron chi connectivity index (χ0n) is 21.9. The van der Waals surface area contributed by atoms with Gasteiger partial charge in [-0.1, -0.05) is 30.3 Å². The summed E-state index contributed by atoms with van der Waals surface area (Å²) in [4.78, 5) is 51.1. The van der Waals surface area contributed by atoms with E-state index >= 15 is 0 Å². The Bertz CT molecular complexity index is 1350. The molecule has 5 fully saturated rings. The molecule has 4 aliphatic carbocycles. The maximum atomic E-state index is 13.2. The fraction of sp³-hybridized carbons (Fsp3) is 0.484. The van der Waals surface area contributed by atoms with Gasteiger partial charge in [-0.2, -0.15) is 0 Å². The van der Waals surface area contributed by atoms with Gasteiger partial charge in [0, 0.05) is 12.0 Å². The molecule has 2 heterocycles. The first-order valence-electron chi connectivity index (χ1n) is 14.2. The van der Waals surface area contributed by atoms with Crippen LogP contribution in [-0.4, -0.2) is 46.7 Å². The number of hydrogen-bond acceptors (Lipinski definition) is 6. The maximum Gasteiger partial charge on any atom is 0.266 e. The molecule has 2 N–H and O–H groups in total. The van der Waals surface area contributed by atoms with Crippen LogP contribution in [0.5, 0.6) is 5.75 Å². The van der Waals surface area contributed by atoms with E-state index in [1.165, 1.54) is 37.7 Å². The topological polar surface area (TPSA) is 105 Å². The molecule has 4 amide bonds. The fourth-order valence-corrected chi connectivity index (χ4v) is 8.11. The van der Waals surface area contributed by atoms with Crippen LogP contribution in [0.3, 0.4) is 0 Å². The fourth-order valence-electron chi connectivity index (χ4n) is 8.11. The lowest BCUT2D eigenvalue weighted by atomic mass is 9.80. The van der Waals surface area contributed by atoms with Crippen molar-refractivity contribution in [3.05, 3.63) is 64.7 Å². The Hall–Kier alpha value is -3.52. The highest BCUT2D eigenvalue weighted by atomic mass is 16.5. The summed E-state index contributed by atoms with van der Waals surface area (Å²) in [6.45, 7) is 1.25. The number of benzene rings is 2. The van der Waals surface area contributed by atoms with E-state index in [9.17, 15) is 19.2 Å². The maximum absolute atomic E-state index is 13.2. The molecule has 0 spiro atoms. The summed E-state index contributed by atoms with van der Waals surface area (Å²) in [6, 6.07) is 12.3. The van der Waals surface area contributed by atoms with E-state index < -0.39 is 29.7 Å². The van der Waals surface area contributed by atoms with E-state index in [1.54, 1.807) is 18.2 Å². The minimum absolute atomic E-state index is 0.0849. The second-order valence-electron chi connectivity index (χ2n) is 12.1. The first-order chi connectivity index (χ1) is 18.9. The Balaban J connectivity index is 0.971. The van der Waals surface area contributed by atoms with E-state index in [1.807, 2.05) is 12.1 Å². The third-order valence-corrected chi connectivity index (χ3v) is 9.73. The molecule has 1 saturated heterocycles. The van der Waals surface area contributed by atoms with Crippen molar-refractivity contribution in [2.24, 2.45) is 17.8 Å². The predicted molar refractivity (Wildman–Crippen MR) is 142 cm³/mol. The first kappa shape index (κ1) is 24.5. The Kier molecular flexibility index (Phi) is 5.84. The number of nitrogens with zero attached hydrogens (tertiary/aromatic N) is 1. The average Bonchev–Trinajstić information content (AvgIpc) is 3.42. The van der Waals surface area contributed by atoms with Crippen LogP contribution in [0.4, 0.5) is 0 Å². The number of carbonyl (C=O) groups excluding carboxylic acids is 4. The van der Waals surface area contributed by atoms with Gasteiger partial charge < -0.3 is 10.1 Å². The largest absolute Gasteiger partial charge is 0.488 e. The molecule has 202 valence electrons. The van der Waals surface area contributed by atoms with E-state index in [-0.39, 0.29) is 30.6 Å². The lowest BCUT2D eigenvalue weighted by Crippen LogP contribution is -2.54. The number of nitrogens with one attached hydrogen (secondary N) is 2. The lowest BCUT2D eigenvalue weighted by Gasteiger charge is -2.34. The standard InChI is InChI=1S/C31H33N3O5/c35-26-9-8-24(28(36)33-26)34-29(37)23-2-1-3-25(27(23)30(34)38)39-17-19-6-4-18(5-7-19)10-11-32-31-15-20-12-21(16-31)14-22(31)13-20/h1-7,20-22,24,32H,8-17H2,(H,33,35,36). The third-order valence-electron chi connectivity index (χ3n) is 9.73. The van der Waals surface area contributed by atoms with E-state index in [0.717, 1.165) is 41.2 Å². The summed E-state index contributed by atoms with van der Waals surface area (Å²) in [6.07, 6.45) is 8.25. The van der Waals surface area contributed by atoms with Crippen molar-refractivity contribution in [2.75, 3.05) is 6.54 Å². The third kappa shape index (κ3) is 4.16. The number of ether oxygens (including phenoxy) is 1. The first-order valence-corrected chi connectivity index (χ1v) is 14.2. The second-order valence-corrected chi connectivity index (χ2v) is 12.1. The molecule has 6 aliphatic rings. The normalized spacial score (nSPS) is 30.7. The van der Waals surface area contributed by atoms with Gasteiger partial charge in [0.05, 0.1) is 11.1 Å². The molecule has 4 bridgehead atoms. The minimum Gasteiger partial charge on any atom is -0.488 e. The molecule has 2 aromatic carbocycles. The molecule has 2 aromatic rings. The van der Waals surface area contributed by atoms with Crippen LogP contribution in [0, 0.1) is 17.8 Å². The van der Waals surface area contributed by atoms with Crippen LogP contribution in [0.25, 0.3) is 0 Å². The molecule has 4 saturated carbocycles. The Morgan fingerprint density at radius 2 is 1.67 bits per heavy atom. The zero-order chi connectivity index (χ0) is 26.7. The SMILES string of the molecule is O=C1CCC(N2C(=O)c3cccc(OCc4ccc(CCNC56CC7CC(CC5C7)C6)cc4)c3C2=O)C(=O)N1. The number of fused-ring (bicyclic) bond motifs is 1. The summed E-state index contributed by atoms with van der Waals surface area (Å²) in [5.74, 6) is 0.987. The Labute approximate surface area is 227 Å². The van der Waals surface area contributed by atoms with Gasteiger partial charge in [0.25, 0.3) is 11.8 Å². The average molecular weight is 528 g/mol. The molecule has 8 heteroatoms. The summed E-state index contributed by atoms with van der Waals surface area (Å²) in [5, 5.41) is 6.18. The summed E-state index contributed by atoms with van der Waals surface area (Å²) < 4.78 is 6.02. The van der Waals surface area contributed by atoms with Crippen LogP contribution < -0.4 is 15.4 Å². The number of piperidine rings is 1. The summed E-state index contributed by atoms with van der Waals surface area (Å²) in [5.41, 5.74) is 3.04. The highest BCUT2D eigenvalue weighted by molar-refractivity contribution is 6.24. The highest BCUT2D eigenvalue weighted by Crippen LogP contribution is 2.60. The quantitative estimate of drug-likeness (QED) is 0.510. The Morgan fingerprint density at radius 1 is 0.923 bits per heavy atom. The van der Waals surface area contributed by atoms with Crippen molar-refractivity contribution >= 4 is 23.6 Å². The van der Waals surface area contributed by atoms with Gasteiger partial charge in [0.1, 0.15) is 18.4 Å². The van der Waals surface area contributed by atoms with Gasteiger partial charge in [0.2, 0.25) is 11.8 Å². The molecule has 8 rings (SSSR count). The Morgan fingerprint density at radius 3 is 2.41 bits per heavy atom. The van der Waals surface area contributed by atoms with Crippen LogP contribution in [0.2, 0.25) is 0 Å². The number of carbonyl (C=O) groups is 4. The van der Waals surface area contributed by atoms with E-state index in [0.29, 0.717) is 11.3 Å². The summed E-state index contributed by atoms with van der Waals surface area (Å²) >= 11 is 0. The molecule has 3 atom stereocenters. The van der Waals surface area contributed by atoms with Crippen molar-refractivity contribution in [3.63, 3.8) is 0 Å². The summed E-state index contributed by atoms with van der Waals surface area (Å²) in [7, 11) is 0. The van der Waals surface area contributed by atoms with Crippen molar-refractivity contribution in [3.8, 4) is 5.75 Å². The highest BCUT2D eigenvalue weighted by Gasteiger charge is 2.57. The van der Waals surface area contributed by atoms with Crippen molar-refractivity contribution in [1.82, 2.24) is 15.5 Å². The molecule has 8 nitrogen and oxygen atoms in total. The zero-order valence-corrected chi connectivity index (χ0v) is 21.9.